The summed E-state index contributed by atoms with van der Waals surface area (Å²) in [5, 5.41) is 32.9. The van der Waals surface area contributed by atoms with E-state index in [4.69, 9.17) is 10.1 Å². The summed E-state index contributed by atoms with van der Waals surface area (Å²) in [5.41, 5.74) is 2.65. The Balaban J connectivity index is 1.64. The zero-order valence-electron chi connectivity index (χ0n) is 17.6. The number of aliphatic hydroxyl groups is 2. The maximum atomic E-state index is 12.9. The van der Waals surface area contributed by atoms with Gasteiger partial charge < -0.3 is 10.2 Å². The number of aromatic nitrogens is 5. The number of aliphatic hydroxyl groups excluding tert-OH is 2. The van der Waals surface area contributed by atoms with Gasteiger partial charge >= 0.3 is 6.18 Å². The molecule has 4 atom stereocenters. The molecule has 0 saturated heterocycles. The highest BCUT2D eigenvalue weighted by atomic mass is 19.4. The number of alkyl halides is 3. The summed E-state index contributed by atoms with van der Waals surface area (Å²) < 4.78 is 41.8. The normalized spacial score (nSPS) is 20.9. The van der Waals surface area contributed by atoms with Crippen LogP contribution in [0.15, 0.2) is 36.0 Å². The molecule has 0 aromatic carbocycles. The summed E-state index contributed by atoms with van der Waals surface area (Å²) in [6.45, 7) is 3.10. The third-order valence-corrected chi connectivity index (χ3v) is 5.55. The summed E-state index contributed by atoms with van der Waals surface area (Å²) >= 11 is 0. The Labute approximate surface area is 181 Å². The van der Waals surface area contributed by atoms with E-state index in [-0.39, 0.29) is 25.1 Å². The Bertz CT molecular complexity index is 1110. The monoisotopic (exact) mass is 451 g/mol. The molecule has 3 aromatic rings. The van der Waals surface area contributed by atoms with E-state index >= 15 is 0 Å². The highest BCUT2D eigenvalue weighted by Crippen LogP contribution is 2.34. The van der Waals surface area contributed by atoms with Crippen molar-refractivity contribution in [2.24, 2.45) is 5.10 Å². The van der Waals surface area contributed by atoms with Crippen LogP contribution in [0.4, 0.5) is 13.2 Å². The van der Waals surface area contributed by atoms with Gasteiger partial charge in [0.15, 0.2) is 0 Å². The number of fused-ring (bicyclic) bond motifs is 1. The summed E-state index contributed by atoms with van der Waals surface area (Å²) in [6, 6.07) is 0.679. The van der Waals surface area contributed by atoms with E-state index in [0.29, 0.717) is 17.0 Å². The number of hydrogen-bond donors (Lipinski definition) is 2. The third-order valence-electron chi connectivity index (χ3n) is 5.55. The largest absolute Gasteiger partial charge is 0.394 e. The highest BCUT2D eigenvalue weighted by molar-refractivity contribution is 5.75. The second-order valence-corrected chi connectivity index (χ2v) is 8.04. The average molecular weight is 451 g/mol. The van der Waals surface area contributed by atoms with Gasteiger partial charge in [-0.3, -0.25) is 9.69 Å². The number of hydrogen-bond acceptors (Lipinski definition) is 7. The lowest BCUT2D eigenvalue weighted by Gasteiger charge is -2.30. The molecule has 0 fully saturated rings. The number of halogens is 3. The van der Waals surface area contributed by atoms with Crippen LogP contribution < -0.4 is 0 Å². The molecule has 0 spiro atoms. The van der Waals surface area contributed by atoms with E-state index in [1.807, 2.05) is 6.92 Å². The minimum Gasteiger partial charge on any atom is -0.394 e. The van der Waals surface area contributed by atoms with Crippen molar-refractivity contribution in [2.75, 3.05) is 6.61 Å². The second kappa shape index (κ2) is 8.51. The standard InChI is InChI=1S/C20H24F3N7O2/c1-12(5-20(21,22)23)30-13(2)16(7-26-30)19-18-3-4-24-29(18)10-17(27-19)14-6-25-28(8-14)9-15(32)11-31/h3-4,6-8,10,12-13,15-16,31-32H,5,9,11H2,1-2H3/t12-,13?,15+,16?/m0/s1. The van der Waals surface area contributed by atoms with Gasteiger partial charge in [0.05, 0.1) is 79.2 Å². The number of nitrogens with zero attached hydrogens (tertiary/aromatic N) is 7. The van der Waals surface area contributed by atoms with Crippen LogP contribution in [0.5, 0.6) is 0 Å². The van der Waals surface area contributed by atoms with Gasteiger partial charge in [-0.1, -0.05) is 0 Å². The Hall–Kier alpha value is -2.99. The van der Waals surface area contributed by atoms with Crippen molar-refractivity contribution in [1.29, 1.82) is 0 Å². The maximum Gasteiger partial charge on any atom is 0.391 e. The van der Waals surface area contributed by atoms with Crippen LogP contribution in [0.1, 0.15) is 31.9 Å². The molecule has 9 nitrogen and oxygen atoms in total. The van der Waals surface area contributed by atoms with Crippen molar-refractivity contribution < 1.29 is 23.4 Å². The minimum absolute atomic E-state index is 0.131. The van der Waals surface area contributed by atoms with Crippen molar-refractivity contribution in [3.8, 4) is 11.3 Å². The first-order chi connectivity index (χ1) is 15.2. The summed E-state index contributed by atoms with van der Waals surface area (Å²) in [7, 11) is 0. The SMILES string of the molecule is CC1C(c2nc(-c3cnn(C[C@@H](O)CO)c3)cn3nccc23)C=NN1[C@@H](C)CC(F)(F)F. The fourth-order valence-corrected chi connectivity index (χ4v) is 3.99. The first kappa shape index (κ1) is 22.2. The molecule has 12 heteroatoms. The quantitative estimate of drug-likeness (QED) is 0.570. The molecule has 2 unspecified atom stereocenters. The molecule has 0 bridgehead atoms. The summed E-state index contributed by atoms with van der Waals surface area (Å²) in [5.74, 6) is -0.323. The second-order valence-electron chi connectivity index (χ2n) is 8.04. The van der Waals surface area contributed by atoms with Crippen LogP contribution in [-0.2, 0) is 6.54 Å². The van der Waals surface area contributed by atoms with E-state index in [2.05, 4.69) is 15.3 Å². The minimum atomic E-state index is -4.27. The predicted molar refractivity (Wildman–Crippen MR) is 110 cm³/mol. The molecule has 2 N–H and O–H groups in total. The van der Waals surface area contributed by atoms with Crippen molar-refractivity contribution in [3.63, 3.8) is 0 Å². The Morgan fingerprint density at radius 2 is 2.00 bits per heavy atom. The van der Waals surface area contributed by atoms with E-state index in [9.17, 15) is 18.3 Å². The van der Waals surface area contributed by atoms with Crippen molar-refractivity contribution in [3.05, 3.63) is 36.5 Å². The maximum absolute atomic E-state index is 12.9. The molecule has 4 heterocycles. The van der Waals surface area contributed by atoms with Gasteiger partial charge in [0.25, 0.3) is 0 Å². The fraction of sp³-hybridized carbons (Fsp3) is 0.500. The van der Waals surface area contributed by atoms with E-state index in [0.717, 1.165) is 5.52 Å². The van der Waals surface area contributed by atoms with Gasteiger partial charge in [-0.15, -0.1) is 0 Å². The van der Waals surface area contributed by atoms with Crippen LogP contribution in [-0.4, -0.2) is 76.8 Å². The first-order valence-electron chi connectivity index (χ1n) is 10.2. The molecular formula is C20H24F3N7O2. The number of rotatable bonds is 7. The van der Waals surface area contributed by atoms with Gasteiger partial charge in [-0.05, 0) is 19.9 Å². The van der Waals surface area contributed by atoms with Gasteiger partial charge in [0.1, 0.15) is 0 Å². The third kappa shape index (κ3) is 4.46. The van der Waals surface area contributed by atoms with Gasteiger partial charge in [0.2, 0.25) is 0 Å². The van der Waals surface area contributed by atoms with Crippen LogP contribution in [0, 0.1) is 0 Å². The molecule has 0 radical (unpaired) electrons. The molecule has 3 aromatic heterocycles. The number of hydrazone groups is 1. The molecule has 172 valence electrons. The van der Waals surface area contributed by atoms with Crippen LogP contribution in [0.25, 0.3) is 16.8 Å². The molecule has 0 amide bonds. The van der Waals surface area contributed by atoms with Crippen LogP contribution in [0.2, 0.25) is 0 Å². The molecular weight excluding hydrogens is 427 g/mol. The summed E-state index contributed by atoms with van der Waals surface area (Å²) in [4.78, 5) is 4.79. The topological polar surface area (TPSA) is 104 Å². The zero-order valence-corrected chi connectivity index (χ0v) is 17.6. The molecule has 4 rings (SSSR count). The van der Waals surface area contributed by atoms with Gasteiger partial charge in [0, 0.05) is 18.0 Å². The van der Waals surface area contributed by atoms with Crippen LogP contribution >= 0.6 is 0 Å². The highest BCUT2D eigenvalue weighted by Gasteiger charge is 2.38. The molecule has 1 aliphatic rings. The van der Waals surface area contributed by atoms with Gasteiger partial charge in [-0.25, -0.2) is 9.50 Å². The molecule has 0 saturated carbocycles. The fourth-order valence-electron chi connectivity index (χ4n) is 3.99. The Morgan fingerprint density at radius 3 is 2.72 bits per heavy atom. The van der Waals surface area contributed by atoms with E-state index < -0.39 is 24.7 Å². The Kier molecular flexibility index (Phi) is 5.91. The lowest BCUT2D eigenvalue weighted by Crippen LogP contribution is -2.38. The van der Waals surface area contributed by atoms with Gasteiger partial charge in [-0.2, -0.15) is 28.5 Å². The molecule has 0 aliphatic carbocycles. The van der Waals surface area contributed by atoms with Crippen molar-refractivity contribution in [1.82, 2.24) is 29.4 Å². The van der Waals surface area contributed by atoms with Crippen molar-refractivity contribution >= 4 is 11.7 Å². The molecule has 32 heavy (non-hydrogen) atoms. The van der Waals surface area contributed by atoms with E-state index in [1.54, 1.807) is 41.6 Å². The zero-order chi connectivity index (χ0) is 23.0. The van der Waals surface area contributed by atoms with E-state index in [1.165, 1.54) is 16.6 Å². The first-order valence-corrected chi connectivity index (χ1v) is 10.2. The van der Waals surface area contributed by atoms with Crippen LogP contribution in [0.3, 0.4) is 0 Å². The average Bonchev–Trinajstić information content (AvgIpc) is 3.45. The smallest absolute Gasteiger partial charge is 0.391 e. The van der Waals surface area contributed by atoms with Crippen molar-refractivity contribution in [2.45, 2.75) is 57.1 Å². The molecule has 1 aliphatic heterocycles. The lowest BCUT2D eigenvalue weighted by atomic mass is 9.97. The lowest BCUT2D eigenvalue weighted by molar-refractivity contribution is -0.147. The Morgan fingerprint density at radius 1 is 1.22 bits per heavy atom. The summed E-state index contributed by atoms with van der Waals surface area (Å²) in [6.07, 6.45) is 2.15. The predicted octanol–water partition coefficient (Wildman–Crippen LogP) is 2.06.